The molecule has 0 unspecified atom stereocenters. The molecule has 1 aromatic carbocycles. The van der Waals surface area contributed by atoms with Gasteiger partial charge in [-0.25, -0.2) is 4.68 Å². The van der Waals surface area contributed by atoms with Crippen LogP contribution in [0.5, 0.6) is 0 Å². The second kappa shape index (κ2) is 9.37. The Balaban J connectivity index is 1.42. The number of hydrogen-bond acceptors (Lipinski definition) is 3. The Bertz CT molecular complexity index is 911. The number of nitrogens with zero attached hydrogens (tertiary/aromatic N) is 2. The molecular weight excluding hydrogens is 380 g/mol. The maximum absolute atomic E-state index is 12.7. The van der Waals surface area contributed by atoms with E-state index < -0.39 is 0 Å². The number of aromatic nitrogens is 2. The van der Waals surface area contributed by atoms with Crippen LogP contribution in [0.15, 0.2) is 54.0 Å². The summed E-state index contributed by atoms with van der Waals surface area (Å²) in [5, 5.41) is 11.7. The fourth-order valence-electron chi connectivity index (χ4n) is 4.12. The van der Waals surface area contributed by atoms with Gasteiger partial charge in [0.2, 0.25) is 0 Å². The highest BCUT2D eigenvalue weighted by Gasteiger charge is 2.23. The number of carbonyl (C=O) groups excluding carboxylic acids is 1. The van der Waals surface area contributed by atoms with Gasteiger partial charge in [-0.05, 0) is 36.3 Å². The van der Waals surface area contributed by atoms with Gasteiger partial charge in [0, 0.05) is 11.6 Å². The molecule has 0 radical (unpaired) electrons. The van der Waals surface area contributed by atoms with E-state index in [9.17, 15) is 4.79 Å². The van der Waals surface area contributed by atoms with Crippen LogP contribution in [-0.2, 0) is 11.2 Å². The monoisotopic (exact) mass is 409 g/mol. The number of carbonyl (C=O) groups is 1. The topological polar surface area (TPSA) is 63.5 Å². The first-order valence-electron chi connectivity index (χ1n) is 10.5. The molecule has 3 aromatic rings. The summed E-state index contributed by atoms with van der Waals surface area (Å²) >= 11 is 1.74. The van der Waals surface area contributed by atoms with E-state index in [1.807, 2.05) is 10.7 Å². The van der Waals surface area contributed by atoms with Gasteiger partial charge in [-0.1, -0.05) is 50.1 Å². The lowest BCUT2D eigenvalue weighted by atomic mass is 10.0. The van der Waals surface area contributed by atoms with Gasteiger partial charge in [-0.2, -0.15) is 5.10 Å². The van der Waals surface area contributed by atoms with Crippen LogP contribution in [0.4, 0.5) is 5.82 Å². The van der Waals surface area contributed by atoms with Crippen molar-refractivity contribution in [1.29, 1.82) is 0 Å². The third-order valence-electron chi connectivity index (χ3n) is 5.74. The lowest BCUT2D eigenvalue weighted by Crippen LogP contribution is -2.87. The van der Waals surface area contributed by atoms with Crippen molar-refractivity contribution in [1.82, 2.24) is 9.78 Å². The van der Waals surface area contributed by atoms with Crippen LogP contribution in [0.2, 0.25) is 0 Å². The molecule has 152 valence electrons. The number of quaternary nitrogens is 1. The predicted octanol–water partition coefficient (Wildman–Crippen LogP) is 3.91. The Kier molecular flexibility index (Phi) is 6.42. The van der Waals surface area contributed by atoms with Gasteiger partial charge < -0.3 is 10.6 Å². The normalized spacial score (nSPS) is 15.5. The highest BCUT2D eigenvalue weighted by molar-refractivity contribution is 7.10. The molecule has 2 heterocycles. The van der Waals surface area contributed by atoms with Crippen molar-refractivity contribution in [2.45, 2.75) is 51.1 Å². The molecule has 1 fully saturated rings. The first kappa shape index (κ1) is 19.9. The Hall–Kier alpha value is -2.44. The van der Waals surface area contributed by atoms with Crippen molar-refractivity contribution in [3.05, 3.63) is 70.0 Å². The number of hydrogen-bond donors (Lipinski definition) is 2. The number of nitrogens with two attached hydrogens (primary N) is 1. The lowest BCUT2D eigenvalue weighted by Gasteiger charge is -2.17. The van der Waals surface area contributed by atoms with E-state index >= 15 is 0 Å². The molecule has 0 spiro atoms. The number of thiophene rings is 1. The Morgan fingerprint density at radius 1 is 1.24 bits per heavy atom. The minimum Gasteiger partial charge on any atom is -0.328 e. The SMILES string of the molecule is CCc1ccc([C@@H]([NH2+]CC(=O)Nc2ccnn2C2CCCC2)c2cccs2)cc1. The minimum absolute atomic E-state index is 0.0106. The van der Waals surface area contributed by atoms with Crippen LogP contribution in [0.3, 0.4) is 0 Å². The third kappa shape index (κ3) is 4.77. The fourth-order valence-corrected chi connectivity index (χ4v) is 4.97. The maximum atomic E-state index is 12.7. The summed E-state index contributed by atoms with van der Waals surface area (Å²) in [5.74, 6) is 0.826. The molecule has 29 heavy (non-hydrogen) atoms. The molecule has 2 aromatic heterocycles. The Morgan fingerprint density at radius 3 is 2.72 bits per heavy atom. The Morgan fingerprint density at radius 2 is 2.03 bits per heavy atom. The molecule has 1 atom stereocenters. The fraction of sp³-hybridized carbons (Fsp3) is 0.391. The average molecular weight is 410 g/mol. The number of amides is 1. The maximum Gasteiger partial charge on any atom is 0.280 e. The van der Waals surface area contributed by atoms with Crippen molar-refractivity contribution in [3.8, 4) is 0 Å². The van der Waals surface area contributed by atoms with Gasteiger partial charge in [-0.3, -0.25) is 4.79 Å². The molecule has 5 nitrogen and oxygen atoms in total. The van der Waals surface area contributed by atoms with E-state index in [2.05, 4.69) is 64.4 Å². The average Bonchev–Trinajstić information content (AvgIpc) is 3.51. The van der Waals surface area contributed by atoms with Gasteiger partial charge in [0.1, 0.15) is 11.9 Å². The second-order valence-corrected chi connectivity index (χ2v) is 8.65. The molecule has 1 amide bonds. The zero-order valence-corrected chi connectivity index (χ0v) is 17.7. The van der Waals surface area contributed by atoms with Crippen LogP contribution in [0.25, 0.3) is 0 Å². The second-order valence-electron chi connectivity index (χ2n) is 7.68. The zero-order valence-electron chi connectivity index (χ0n) is 16.9. The molecule has 6 heteroatoms. The van der Waals surface area contributed by atoms with E-state index in [1.165, 1.54) is 28.8 Å². The largest absolute Gasteiger partial charge is 0.328 e. The molecule has 1 aliphatic carbocycles. The lowest BCUT2D eigenvalue weighted by molar-refractivity contribution is -0.675. The van der Waals surface area contributed by atoms with Crippen molar-refractivity contribution in [2.75, 3.05) is 11.9 Å². The molecule has 0 saturated heterocycles. The standard InChI is InChI=1S/C23H28N4OS/c1-2-17-9-11-18(12-10-17)23(20-8-5-15-29-20)24-16-22(28)26-21-13-14-25-27(21)19-6-3-4-7-19/h5,8-15,19,23-24H,2-4,6-7,16H2,1H3,(H,26,28)/p+1/t23-/m1/s1. The molecule has 0 bridgehead atoms. The Labute approximate surface area is 176 Å². The molecule has 3 N–H and O–H groups in total. The van der Waals surface area contributed by atoms with E-state index in [4.69, 9.17) is 0 Å². The summed E-state index contributed by atoms with van der Waals surface area (Å²) in [6.45, 7) is 2.53. The molecule has 1 aliphatic rings. The highest BCUT2D eigenvalue weighted by atomic mass is 32.1. The quantitative estimate of drug-likeness (QED) is 0.592. The van der Waals surface area contributed by atoms with Gasteiger partial charge in [0.15, 0.2) is 6.54 Å². The van der Waals surface area contributed by atoms with Crippen molar-refractivity contribution in [3.63, 3.8) is 0 Å². The number of nitrogens with one attached hydrogen (secondary N) is 1. The number of benzene rings is 1. The van der Waals surface area contributed by atoms with E-state index in [1.54, 1.807) is 17.5 Å². The van der Waals surface area contributed by atoms with E-state index in [0.29, 0.717) is 12.6 Å². The molecule has 0 aliphatic heterocycles. The predicted molar refractivity (Wildman–Crippen MR) is 117 cm³/mol. The summed E-state index contributed by atoms with van der Waals surface area (Å²) in [6, 6.07) is 15.4. The highest BCUT2D eigenvalue weighted by Crippen LogP contribution is 2.31. The van der Waals surface area contributed by atoms with Gasteiger partial charge in [0.25, 0.3) is 5.91 Å². The van der Waals surface area contributed by atoms with Crippen molar-refractivity contribution in [2.24, 2.45) is 0 Å². The van der Waals surface area contributed by atoms with Gasteiger partial charge >= 0.3 is 0 Å². The van der Waals surface area contributed by atoms with E-state index in [-0.39, 0.29) is 11.9 Å². The molecule has 1 saturated carbocycles. The molecule has 4 rings (SSSR count). The third-order valence-corrected chi connectivity index (χ3v) is 6.70. The van der Waals surface area contributed by atoms with Crippen molar-refractivity contribution < 1.29 is 10.1 Å². The summed E-state index contributed by atoms with van der Waals surface area (Å²) in [6.07, 6.45) is 7.58. The summed E-state index contributed by atoms with van der Waals surface area (Å²) in [5.41, 5.74) is 2.56. The van der Waals surface area contributed by atoms with Crippen LogP contribution >= 0.6 is 11.3 Å². The van der Waals surface area contributed by atoms with Crippen LogP contribution in [-0.4, -0.2) is 22.2 Å². The number of aryl methyl sites for hydroxylation is 1. The summed E-state index contributed by atoms with van der Waals surface area (Å²) in [4.78, 5) is 14.0. The van der Waals surface area contributed by atoms with Gasteiger partial charge in [0.05, 0.1) is 17.1 Å². The van der Waals surface area contributed by atoms with Crippen LogP contribution in [0, 0.1) is 0 Å². The van der Waals surface area contributed by atoms with Gasteiger partial charge in [-0.15, -0.1) is 11.3 Å². The first-order chi connectivity index (χ1) is 14.2. The van der Waals surface area contributed by atoms with E-state index in [0.717, 1.165) is 25.1 Å². The summed E-state index contributed by atoms with van der Waals surface area (Å²) in [7, 11) is 0. The number of anilines is 1. The number of rotatable bonds is 8. The smallest absolute Gasteiger partial charge is 0.280 e. The molecular formula is C23H29N4OS+. The van der Waals surface area contributed by atoms with Crippen LogP contribution < -0.4 is 10.6 Å². The summed E-state index contributed by atoms with van der Waals surface area (Å²) < 4.78 is 1.99. The first-order valence-corrected chi connectivity index (χ1v) is 11.4. The minimum atomic E-state index is 0.0106. The van der Waals surface area contributed by atoms with Crippen molar-refractivity contribution >= 4 is 23.1 Å². The van der Waals surface area contributed by atoms with Crippen LogP contribution in [0.1, 0.15) is 60.7 Å². The zero-order chi connectivity index (χ0) is 20.1.